The molecule has 13 heteroatoms. The lowest BCUT2D eigenvalue weighted by Crippen LogP contribution is -2.58. The van der Waals surface area contributed by atoms with Gasteiger partial charge in [-0.15, -0.1) is 0 Å². The Labute approximate surface area is 163 Å². The Bertz CT molecular complexity index is 1020. The fraction of sp³-hybridized carbons (Fsp3) is 0.267. The number of carboxylic acid groups (broad SMARTS) is 2. The third-order valence-electron chi connectivity index (χ3n) is 4.37. The van der Waals surface area contributed by atoms with Crippen molar-refractivity contribution in [3.05, 3.63) is 38.5 Å². The normalized spacial score (nSPS) is 17.0. The van der Waals surface area contributed by atoms with Gasteiger partial charge in [0.25, 0.3) is 0 Å². The number of anilines is 1. The second-order valence-corrected chi connectivity index (χ2v) is 6.70. The number of nitrogens with zero attached hydrogens (tertiary/aromatic N) is 4. The molecule has 1 aromatic carbocycles. The van der Waals surface area contributed by atoms with Crippen molar-refractivity contribution in [2.24, 2.45) is 0 Å². The largest absolute Gasteiger partial charge is 0.480 e. The van der Waals surface area contributed by atoms with Gasteiger partial charge in [-0.05, 0) is 22.0 Å². The van der Waals surface area contributed by atoms with E-state index in [4.69, 9.17) is 5.11 Å². The molecule has 1 fully saturated rings. The lowest BCUT2D eigenvalue weighted by Gasteiger charge is -2.39. The Kier molecular flexibility index (Phi) is 5.02. The van der Waals surface area contributed by atoms with Crippen LogP contribution in [0.4, 0.5) is 25.0 Å². The molecule has 148 valence electrons. The van der Waals surface area contributed by atoms with Gasteiger partial charge in [0.15, 0.2) is 5.82 Å². The Hall–Kier alpha value is -3.09. The standard InChI is InChI=1S/C15H11BrF2N4O6/c16-10-7(17)3-6-12(11(10)18)19-4-8(22(27)28)13(6)21-2-1-20(15(25)26)5-9(21)14(23)24/h3-4,9H,1-2,5H2,(H,23,24)(H,25,26)/t9-/m1/s1. The van der Waals surface area contributed by atoms with Crippen LogP contribution < -0.4 is 4.90 Å². The second kappa shape index (κ2) is 7.14. The van der Waals surface area contributed by atoms with Gasteiger partial charge in [0.2, 0.25) is 0 Å². The number of carbonyl (C=O) groups is 2. The van der Waals surface area contributed by atoms with E-state index in [1.165, 1.54) is 0 Å². The van der Waals surface area contributed by atoms with E-state index in [9.17, 15) is 33.6 Å². The number of pyridine rings is 1. The first-order valence-corrected chi connectivity index (χ1v) is 8.50. The summed E-state index contributed by atoms with van der Waals surface area (Å²) in [5, 5.41) is 29.8. The molecule has 28 heavy (non-hydrogen) atoms. The molecule has 1 atom stereocenters. The van der Waals surface area contributed by atoms with Crippen LogP contribution >= 0.6 is 15.9 Å². The summed E-state index contributed by atoms with van der Waals surface area (Å²) >= 11 is 2.72. The Balaban J connectivity index is 2.28. The fourth-order valence-corrected chi connectivity index (χ4v) is 3.39. The number of benzene rings is 1. The van der Waals surface area contributed by atoms with Crippen molar-refractivity contribution < 1.29 is 33.5 Å². The molecule has 0 radical (unpaired) electrons. The Morgan fingerprint density at radius 3 is 2.57 bits per heavy atom. The van der Waals surface area contributed by atoms with Crippen molar-refractivity contribution in [2.45, 2.75) is 6.04 Å². The summed E-state index contributed by atoms with van der Waals surface area (Å²) in [6, 6.07) is -0.677. The average molecular weight is 461 g/mol. The monoisotopic (exact) mass is 460 g/mol. The van der Waals surface area contributed by atoms with Gasteiger partial charge in [-0.25, -0.2) is 23.4 Å². The Morgan fingerprint density at radius 1 is 1.32 bits per heavy atom. The number of piperazine rings is 1. The van der Waals surface area contributed by atoms with Crippen molar-refractivity contribution in [3.63, 3.8) is 0 Å². The van der Waals surface area contributed by atoms with E-state index < -0.39 is 56.9 Å². The van der Waals surface area contributed by atoms with Crippen LogP contribution in [0.1, 0.15) is 0 Å². The molecule has 1 amide bonds. The SMILES string of the molecule is O=C(O)[C@H]1CN(C(=O)O)CCN1c1c([N+](=O)[O-])cnc2c(F)c(Br)c(F)cc12. The molecule has 3 rings (SSSR count). The summed E-state index contributed by atoms with van der Waals surface area (Å²) < 4.78 is 28.0. The lowest BCUT2D eigenvalue weighted by molar-refractivity contribution is -0.384. The molecule has 0 saturated carbocycles. The predicted octanol–water partition coefficient (Wildman–Crippen LogP) is 2.44. The first-order valence-electron chi connectivity index (χ1n) is 7.71. The first-order chi connectivity index (χ1) is 13.1. The molecular formula is C15H11BrF2N4O6. The van der Waals surface area contributed by atoms with Crippen LogP contribution in [0.3, 0.4) is 0 Å². The van der Waals surface area contributed by atoms with Crippen LogP contribution in [0.5, 0.6) is 0 Å². The van der Waals surface area contributed by atoms with Gasteiger partial charge < -0.3 is 20.0 Å². The van der Waals surface area contributed by atoms with E-state index in [1.54, 1.807) is 0 Å². The van der Waals surface area contributed by atoms with E-state index in [1.807, 2.05) is 0 Å². The first kappa shape index (κ1) is 19.7. The number of amides is 1. The zero-order valence-corrected chi connectivity index (χ0v) is 15.4. The third-order valence-corrected chi connectivity index (χ3v) is 5.10. The number of aromatic nitrogens is 1. The number of carboxylic acids is 1. The summed E-state index contributed by atoms with van der Waals surface area (Å²) in [6.45, 7) is -0.864. The predicted molar refractivity (Wildman–Crippen MR) is 94.4 cm³/mol. The number of rotatable bonds is 3. The van der Waals surface area contributed by atoms with Crippen molar-refractivity contribution >= 4 is 50.3 Å². The summed E-state index contributed by atoms with van der Waals surface area (Å²) in [4.78, 5) is 39.1. The van der Waals surface area contributed by atoms with Crippen LogP contribution in [0.15, 0.2) is 16.7 Å². The van der Waals surface area contributed by atoms with Crippen LogP contribution in [-0.2, 0) is 4.79 Å². The van der Waals surface area contributed by atoms with Gasteiger partial charge >= 0.3 is 17.7 Å². The molecule has 0 unspecified atom stereocenters. The van der Waals surface area contributed by atoms with Gasteiger partial charge in [-0.3, -0.25) is 10.1 Å². The minimum Gasteiger partial charge on any atom is -0.480 e. The van der Waals surface area contributed by atoms with Gasteiger partial charge in [0, 0.05) is 18.5 Å². The topological polar surface area (TPSA) is 137 Å². The maximum Gasteiger partial charge on any atom is 0.407 e. The van der Waals surface area contributed by atoms with Gasteiger partial charge in [-0.2, -0.15) is 0 Å². The number of aliphatic carboxylic acids is 1. The van der Waals surface area contributed by atoms with E-state index in [-0.39, 0.29) is 24.2 Å². The molecule has 1 aromatic heterocycles. The fourth-order valence-electron chi connectivity index (χ4n) is 3.09. The number of hydrogen-bond donors (Lipinski definition) is 2. The van der Waals surface area contributed by atoms with Crippen molar-refractivity contribution in [3.8, 4) is 0 Å². The van der Waals surface area contributed by atoms with Crippen LogP contribution in [0.2, 0.25) is 0 Å². The highest BCUT2D eigenvalue weighted by Gasteiger charge is 2.38. The number of halogens is 3. The quantitative estimate of drug-likeness (QED) is 0.404. The molecule has 1 aliphatic rings. The highest BCUT2D eigenvalue weighted by Crippen LogP contribution is 2.40. The number of nitro groups is 1. The zero-order valence-electron chi connectivity index (χ0n) is 13.8. The molecular weight excluding hydrogens is 450 g/mol. The second-order valence-electron chi connectivity index (χ2n) is 5.91. The molecule has 0 bridgehead atoms. The van der Waals surface area contributed by atoms with Crippen LogP contribution in [-0.4, -0.2) is 62.8 Å². The van der Waals surface area contributed by atoms with E-state index >= 15 is 0 Å². The summed E-state index contributed by atoms with van der Waals surface area (Å²) in [6.07, 6.45) is -0.589. The Morgan fingerprint density at radius 2 is 2.00 bits per heavy atom. The molecule has 2 heterocycles. The molecule has 0 spiro atoms. The average Bonchev–Trinajstić information content (AvgIpc) is 2.64. The molecule has 2 N–H and O–H groups in total. The van der Waals surface area contributed by atoms with Gasteiger partial charge in [0.1, 0.15) is 29.3 Å². The molecule has 0 aliphatic carbocycles. The lowest BCUT2D eigenvalue weighted by atomic mass is 10.1. The number of fused-ring (bicyclic) bond motifs is 1. The highest BCUT2D eigenvalue weighted by atomic mass is 79.9. The third kappa shape index (κ3) is 3.17. The smallest absolute Gasteiger partial charge is 0.407 e. The van der Waals surface area contributed by atoms with Crippen molar-refractivity contribution in [2.75, 3.05) is 24.5 Å². The van der Waals surface area contributed by atoms with Gasteiger partial charge in [0.05, 0.1) is 15.9 Å². The van der Waals surface area contributed by atoms with E-state index in [2.05, 4.69) is 20.9 Å². The van der Waals surface area contributed by atoms with E-state index in [0.717, 1.165) is 22.1 Å². The molecule has 10 nitrogen and oxygen atoms in total. The minimum absolute atomic E-state index is 0.151. The van der Waals surface area contributed by atoms with E-state index in [0.29, 0.717) is 0 Å². The maximum atomic E-state index is 14.4. The van der Waals surface area contributed by atoms with Gasteiger partial charge in [-0.1, -0.05) is 0 Å². The summed E-state index contributed by atoms with van der Waals surface area (Å²) in [5.74, 6) is -3.59. The van der Waals surface area contributed by atoms with Crippen molar-refractivity contribution in [1.29, 1.82) is 0 Å². The zero-order chi connectivity index (χ0) is 20.7. The molecule has 1 saturated heterocycles. The van der Waals surface area contributed by atoms with Crippen LogP contribution in [0.25, 0.3) is 10.9 Å². The number of hydrogen-bond acceptors (Lipinski definition) is 6. The molecule has 1 aliphatic heterocycles. The summed E-state index contributed by atoms with van der Waals surface area (Å²) in [5.41, 5.74) is -1.37. The van der Waals surface area contributed by atoms with Crippen LogP contribution in [0, 0.1) is 21.7 Å². The van der Waals surface area contributed by atoms with Crippen molar-refractivity contribution in [1.82, 2.24) is 9.88 Å². The highest BCUT2D eigenvalue weighted by molar-refractivity contribution is 9.10. The maximum absolute atomic E-state index is 14.4. The molecule has 2 aromatic rings. The minimum atomic E-state index is -1.50. The summed E-state index contributed by atoms with van der Waals surface area (Å²) in [7, 11) is 0.